The van der Waals surface area contributed by atoms with Gasteiger partial charge in [-0.1, -0.05) is 24.6 Å². The lowest BCUT2D eigenvalue weighted by Gasteiger charge is -2.12. The van der Waals surface area contributed by atoms with Gasteiger partial charge in [-0.2, -0.15) is 0 Å². The van der Waals surface area contributed by atoms with Gasteiger partial charge in [0.15, 0.2) is 0 Å². The van der Waals surface area contributed by atoms with Gasteiger partial charge in [-0.05, 0) is 58.6 Å². The Kier molecular flexibility index (Phi) is 6.03. The first-order valence-electron chi connectivity index (χ1n) is 6.85. The van der Waals surface area contributed by atoms with Crippen LogP contribution in [0.1, 0.15) is 24.6 Å². The van der Waals surface area contributed by atoms with E-state index in [2.05, 4.69) is 27.8 Å². The van der Waals surface area contributed by atoms with Crippen molar-refractivity contribution in [3.8, 4) is 5.75 Å². The van der Waals surface area contributed by atoms with Crippen molar-refractivity contribution in [1.29, 1.82) is 0 Å². The van der Waals surface area contributed by atoms with Crippen LogP contribution in [-0.4, -0.2) is 11.0 Å². The third-order valence-electron chi connectivity index (χ3n) is 3.18. The van der Waals surface area contributed by atoms with Gasteiger partial charge < -0.3 is 10.5 Å². The number of pyridine rings is 1. The van der Waals surface area contributed by atoms with Gasteiger partial charge in [0.05, 0.1) is 10.7 Å². The van der Waals surface area contributed by atoms with Crippen LogP contribution >= 0.6 is 27.5 Å². The number of nitrogens with zero attached hydrogens (tertiary/aromatic N) is 1. The molecular weight excluding hydrogens is 352 g/mol. The van der Waals surface area contributed by atoms with Crippen LogP contribution < -0.4 is 10.5 Å². The molecule has 112 valence electrons. The van der Waals surface area contributed by atoms with Crippen molar-refractivity contribution in [3.63, 3.8) is 0 Å². The maximum Gasteiger partial charge on any atom is 0.138 e. The van der Waals surface area contributed by atoms with E-state index in [9.17, 15) is 0 Å². The standard InChI is InChI=1S/C16H18BrClN2O/c1-2-13(19)7-11-3-6-16(15(18)8-11)21-10-14-5-4-12(17)9-20-14/h3-6,8-9,13H,2,7,10,19H2,1H3. The van der Waals surface area contributed by atoms with E-state index < -0.39 is 0 Å². The average Bonchev–Trinajstić information content (AvgIpc) is 2.48. The minimum Gasteiger partial charge on any atom is -0.486 e. The second-order valence-corrected chi connectivity index (χ2v) is 6.22. The van der Waals surface area contributed by atoms with Gasteiger partial charge in [-0.3, -0.25) is 4.98 Å². The Balaban J connectivity index is 1.99. The third-order valence-corrected chi connectivity index (χ3v) is 3.95. The Bertz CT molecular complexity index is 589. The second kappa shape index (κ2) is 7.78. The Hall–Kier alpha value is -1.10. The zero-order chi connectivity index (χ0) is 15.2. The van der Waals surface area contributed by atoms with Crippen molar-refractivity contribution < 1.29 is 4.74 Å². The fraction of sp³-hybridized carbons (Fsp3) is 0.312. The molecule has 5 heteroatoms. The number of aromatic nitrogens is 1. The Morgan fingerprint density at radius 2 is 2.14 bits per heavy atom. The Morgan fingerprint density at radius 3 is 2.76 bits per heavy atom. The SMILES string of the molecule is CCC(N)Cc1ccc(OCc2ccc(Br)cn2)c(Cl)c1. The first-order valence-corrected chi connectivity index (χ1v) is 8.02. The van der Waals surface area contributed by atoms with Gasteiger partial charge in [-0.15, -0.1) is 0 Å². The quantitative estimate of drug-likeness (QED) is 0.823. The predicted octanol–water partition coefficient (Wildman–Crippen LogP) is 4.36. The van der Waals surface area contributed by atoms with Crippen molar-refractivity contribution >= 4 is 27.5 Å². The number of ether oxygens (including phenoxy) is 1. The summed E-state index contributed by atoms with van der Waals surface area (Å²) in [6.07, 6.45) is 3.52. The smallest absolute Gasteiger partial charge is 0.138 e. The molecule has 0 fully saturated rings. The molecule has 1 heterocycles. The highest BCUT2D eigenvalue weighted by Crippen LogP contribution is 2.26. The molecule has 0 saturated carbocycles. The predicted molar refractivity (Wildman–Crippen MR) is 89.7 cm³/mol. The van der Waals surface area contributed by atoms with Crippen molar-refractivity contribution in [1.82, 2.24) is 4.98 Å². The molecule has 1 unspecified atom stereocenters. The van der Waals surface area contributed by atoms with Crippen LogP contribution in [0.2, 0.25) is 5.02 Å². The van der Waals surface area contributed by atoms with E-state index in [1.807, 2.05) is 30.3 Å². The van der Waals surface area contributed by atoms with Crippen molar-refractivity contribution in [3.05, 3.63) is 57.3 Å². The largest absolute Gasteiger partial charge is 0.486 e. The molecule has 0 aliphatic carbocycles. The van der Waals surface area contributed by atoms with Crippen LogP contribution in [0.15, 0.2) is 41.0 Å². The number of benzene rings is 1. The van der Waals surface area contributed by atoms with Gasteiger partial charge in [0, 0.05) is 16.7 Å². The summed E-state index contributed by atoms with van der Waals surface area (Å²) in [6, 6.07) is 9.82. The van der Waals surface area contributed by atoms with Crippen LogP contribution in [-0.2, 0) is 13.0 Å². The fourth-order valence-electron chi connectivity index (χ4n) is 1.88. The number of nitrogens with two attached hydrogens (primary N) is 1. The lowest BCUT2D eigenvalue weighted by molar-refractivity contribution is 0.301. The highest BCUT2D eigenvalue weighted by molar-refractivity contribution is 9.10. The Morgan fingerprint density at radius 1 is 1.33 bits per heavy atom. The monoisotopic (exact) mass is 368 g/mol. The topological polar surface area (TPSA) is 48.1 Å². The van der Waals surface area contributed by atoms with Crippen LogP contribution in [0.4, 0.5) is 0 Å². The molecule has 1 aromatic heterocycles. The number of hydrogen-bond donors (Lipinski definition) is 1. The van der Waals surface area contributed by atoms with Gasteiger partial charge >= 0.3 is 0 Å². The summed E-state index contributed by atoms with van der Waals surface area (Å²) in [5.41, 5.74) is 7.93. The minimum atomic E-state index is 0.166. The molecule has 1 aromatic carbocycles. The summed E-state index contributed by atoms with van der Waals surface area (Å²) in [7, 11) is 0. The van der Waals surface area contributed by atoms with E-state index in [-0.39, 0.29) is 6.04 Å². The van der Waals surface area contributed by atoms with E-state index >= 15 is 0 Å². The molecule has 0 aliphatic rings. The molecule has 21 heavy (non-hydrogen) atoms. The number of rotatable bonds is 6. The summed E-state index contributed by atoms with van der Waals surface area (Å²) in [6.45, 7) is 2.47. The Labute approximate surface area is 138 Å². The van der Waals surface area contributed by atoms with Crippen LogP contribution in [0, 0.1) is 0 Å². The van der Waals surface area contributed by atoms with E-state index in [4.69, 9.17) is 22.1 Å². The molecule has 0 radical (unpaired) electrons. The highest BCUT2D eigenvalue weighted by atomic mass is 79.9. The lowest BCUT2D eigenvalue weighted by atomic mass is 10.0. The van der Waals surface area contributed by atoms with Crippen molar-refractivity contribution in [2.45, 2.75) is 32.4 Å². The summed E-state index contributed by atoms with van der Waals surface area (Å²) in [4.78, 5) is 4.26. The summed E-state index contributed by atoms with van der Waals surface area (Å²) in [5, 5.41) is 0.605. The maximum absolute atomic E-state index is 6.25. The van der Waals surface area contributed by atoms with Crippen LogP contribution in [0.3, 0.4) is 0 Å². The fourth-order valence-corrected chi connectivity index (χ4v) is 2.37. The van der Waals surface area contributed by atoms with E-state index in [0.717, 1.165) is 28.6 Å². The number of hydrogen-bond acceptors (Lipinski definition) is 3. The zero-order valence-electron chi connectivity index (χ0n) is 11.9. The molecule has 1 atom stereocenters. The van der Waals surface area contributed by atoms with Gasteiger partial charge in [0.25, 0.3) is 0 Å². The molecular formula is C16H18BrClN2O. The van der Waals surface area contributed by atoms with E-state index in [1.54, 1.807) is 6.20 Å². The molecule has 3 nitrogen and oxygen atoms in total. The average molecular weight is 370 g/mol. The molecule has 0 amide bonds. The molecule has 2 aromatic rings. The molecule has 0 aliphatic heterocycles. The lowest BCUT2D eigenvalue weighted by Crippen LogP contribution is -2.21. The van der Waals surface area contributed by atoms with E-state index in [1.165, 1.54) is 0 Å². The van der Waals surface area contributed by atoms with Crippen molar-refractivity contribution in [2.24, 2.45) is 5.73 Å². The molecule has 2 N–H and O–H groups in total. The molecule has 2 rings (SSSR count). The second-order valence-electron chi connectivity index (χ2n) is 4.89. The summed E-state index contributed by atoms with van der Waals surface area (Å²) < 4.78 is 6.65. The third kappa shape index (κ3) is 4.99. The highest BCUT2D eigenvalue weighted by Gasteiger charge is 2.07. The first kappa shape index (κ1) is 16.3. The first-order chi connectivity index (χ1) is 10.1. The molecule has 0 spiro atoms. The van der Waals surface area contributed by atoms with Crippen LogP contribution in [0.5, 0.6) is 5.75 Å². The minimum absolute atomic E-state index is 0.166. The van der Waals surface area contributed by atoms with Crippen LogP contribution in [0.25, 0.3) is 0 Å². The normalized spacial score (nSPS) is 12.2. The van der Waals surface area contributed by atoms with E-state index in [0.29, 0.717) is 17.4 Å². The molecule has 0 bridgehead atoms. The maximum atomic E-state index is 6.25. The van der Waals surface area contributed by atoms with Crippen molar-refractivity contribution in [2.75, 3.05) is 0 Å². The summed E-state index contributed by atoms with van der Waals surface area (Å²) >= 11 is 9.61. The van der Waals surface area contributed by atoms with Gasteiger partial charge in [0.1, 0.15) is 12.4 Å². The number of halogens is 2. The van der Waals surface area contributed by atoms with Gasteiger partial charge in [-0.25, -0.2) is 0 Å². The zero-order valence-corrected chi connectivity index (χ0v) is 14.2. The molecule has 0 saturated heterocycles. The summed E-state index contributed by atoms with van der Waals surface area (Å²) in [5.74, 6) is 0.662. The van der Waals surface area contributed by atoms with Gasteiger partial charge in [0.2, 0.25) is 0 Å².